The molecule has 0 aliphatic heterocycles. The summed E-state index contributed by atoms with van der Waals surface area (Å²) < 4.78 is 0. The molecule has 17 heavy (non-hydrogen) atoms. The maximum absolute atomic E-state index is 10.7. The Hall–Kier alpha value is -1.62. The second-order valence-electron chi connectivity index (χ2n) is 4.50. The van der Waals surface area contributed by atoms with Gasteiger partial charge in [0.05, 0.1) is 5.60 Å². The van der Waals surface area contributed by atoms with Gasteiger partial charge in [-0.1, -0.05) is 18.9 Å². The van der Waals surface area contributed by atoms with Crippen LogP contribution in [0.15, 0.2) is 18.2 Å². The first-order valence-electron chi connectivity index (χ1n) is 5.76. The summed E-state index contributed by atoms with van der Waals surface area (Å²) in [4.78, 5) is 14.7. The molecular weight excluding hydrogens is 220 g/mol. The summed E-state index contributed by atoms with van der Waals surface area (Å²) >= 11 is 0. The van der Waals surface area contributed by atoms with Crippen molar-refractivity contribution >= 4 is 11.8 Å². The number of nitrogens with one attached hydrogen (secondary N) is 1. The second kappa shape index (κ2) is 4.71. The lowest BCUT2D eigenvalue weighted by atomic mass is 10.0. The highest BCUT2D eigenvalue weighted by Crippen LogP contribution is 2.29. The molecule has 0 bridgehead atoms. The van der Waals surface area contributed by atoms with Crippen LogP contribution in [-0.2, 0) is 0 Å². The molecule has 1 aromatic heterocycles. The van der Waals surface area contributed by atoms with Crippen molar-refractivity contribution in [1.82, 2.24) is 4.98 Å². The third-order valence-electron chi connectivity index (χ3n) is 3.10. The van der Waals surface area contributed by atoms with E-state index in [-0.39, 0.29) is 5.69 Å². The van der Waals surface area contributed by atoms with Gasteiger partial charge in [0.15, 0.2) is 5.69 Å². The Kier molecular flexibility index (Phi) is 3.28. The van der Waals surface area contributed by atoms with Gasteiger partial charge in [-0.15, -0.1) is 0 Å². The average molecular weight is 236 g/mol. The highest BCUT2D eigenvalue weighted by molar-refractivity contribution is 5.85. The zero-order valence-electron chi connectivity index (χ0n) is 9.52. The Bertz CT molecular complexity index is 414. The van der Waals surface area contributed by atoms with E-state index in [0.717, 1.165) is 25.7 Å². The first kappa shape index (κ1) is 11.9. The summed E-state index contributed by atoms with van der Waals surface area (Å²) in [5.41, 5.74) is -0.658. The number of carboxylic acids is 1. The molecule has 1 heterocycles. The molecule has 0 saturated heterocycles. The molecule has 0 radical (unpaired) electrons. The van der Waals surface area contributed by atoms with Gasteiger partial charge in [0.25, 0.3) is 0 Å². The maximum Gasteiger partial charge on any atom is 0.354 e. The number of rotatable bonds is 4. The topological polar surface area (TPSA) is 82.5 Å². The van der Waals surface area contributed by atoms with Crippen LogP contribution in [0.4, 0.5) is 5.82 Å². The lowest BCUT2D eigenvalue weighted by Gasteiger charge is -2.22. The van der Waals surface area contributed by atoms with Crippen LogP contribution < -0.4 is 5.32 Å². The summed E-state index contributed by atoms with van der Waals surface area (Å²) in [6.07, 6.45) is 3.67. The molecule has 1 aliphatic carbocycles. The van der Waals surface area contributed by atoms with Crippen LogP contribution in [-0.4, -0.2) is 33.3 Å². The van der Waals surface area contributed by atoms with E-state index in [1.54, 1.807) is 12.1 Å². The molecule has 92 valence electrons. The Balaban J connectivity index is 1.99. The normalized spacial score (nSPS) is 17.9. The lowest BCUT2D eigenvalue weighted by molar-refractivity contribution is 0.0614. The van der Waals surface area contributed by atoms with E-state index in [2.05, 4.69) is 10.3 Å². The molecule has 0 unspecified atom stereocenters. The van der Waals surface area contributed by atoms with Crippen LogP contribution in [0.2, 0.25) is 0 Å². The summed E-state index contributed by atoms with van der Waals surface area (Å²) in [5, 5.41) is 21.9. The zero-order chi connectivity index (χ0) is 12.3. The zero-order valence-corrected chi connectivity index (χ0v) is 9.52. The number of hydrogen-bond acceptors (Lipinski definition) is 4. The van der Waals surface area contributed by atoms with E-state index in [1.165, 1.54) is 6.07 Å². The average Bonchev–Trinajstić information content (AvgIpc) is 2.75. The quantitative estimate of drug-likeness (QED) is 0.738. The van der Waals surface area contributed by atoms with Crippen molar-refractivity contribution in [3.8, 4) is 0 Å². The summed E-state index contributed by atoms with van der Waals surface area (Å²) in [6.45, 7) is 0.420. The van der Waals surface area contributed by atoms with E-state index < -0.39 is 11.6 Å². The fourth-order valence-corrected chi connectivity index (χ4v) is 2.12. The number of anilines is 1. The van der Waals surface area contributed by atoms with E-state index in [1.807, 2.05) is 0 Å². The minimum Gasteiger partial charge on any atom is -0.477 e. The van der Waals surface area contributed by atoms with E-state index in [0.29, 0.717) is 12.4 Å². The van der Waals surface area contributed by atoms with Crippen LogP contribution in [0.25, 0.3) is 0 Å². The first-order valence-corrected chi connectivity index (χ1v) is 5.76. The van der Waals surface area contributed by atoms with Crippen molar-refractivity contribution in [2.75, 3.05) is 11.9 Å². The molecule has 5 heteroatoms. The van der Waals surface area contributed by atoms with Crippen LogP contribution in [0.1, 0.15) is 36.2 Å². The lowest BCUT2D eigenvalue weighted by Crippen LogP contribution is -2.33. The van der Waals surface area contributed by atoms with Gasteiger partial charge in [-0.3, -0.25) is 0 Å². The predicted octanol–water partition coefficient (Wildman–Crippen LogP) is 1.50. The van der Waals surface area contributed by atoms with Crippen LogP contribution in [0.5, 0.6) is 0 Å². The fourth-order valence-electron chi connectivity index (χ4n) is 2.12. The summed E-state index contributed by atoms with van der Waals surface area (Å²) in [5.74, 6) is -0.557. The first-order chi connectivity index (χ1) is 8.09. The number of carboxylic acid groups (broad SMARTS) is 1. The number of nitrogens with zero attached hydrogens (tertiary/aromatic N) is 1. The minimum atomic E-state index is -1.05. The molecule has 1 fully saturated rings. The molecule has 5 nitrogen and oxygen atoms in total. The highest BCUT2D eigenvalue weighted by atomic mass is 16.4. The molecule has 2 rings (SSSR count). The van der Waals surface area contributed by atoms with Gasteiger partial charge in [-0.05, 0) is 25.0 Å². The molecular formula is C12H16N2O3. The van der Waals surface area contributed by atoms with Crippen molar-refractivity contribution < 1.29 is 15.0 Å². The number of aromatic carboxylic acids is 1. The van der Waals surface area contributed by atoms with Gasteiger partial charge in [0, 0.05) is 6.54 Å². The van der Waals surface area contributed by atoms with E-state index in [9.17, 15) is 9.90 Å². The Morgan fingerprint density at radius 2 is 2.12 bits per heavy atom. The highest BCUT2D eigenvalue weighted by Gasteiger charge is 2.30. The third-order valence-corrected chi connectivity index (χ3v) is 3.10. The van der Waals surface area contributed by atoms with Crippen molar-refractivity contribution in [3.63, 3.8) is 0 Å². The molecule has 1 aromatic rings. The number of carbonyl (C=O) groups is 1. The van der Waals surface area contributed by atoms with Gasteiger partial charge in [-0.2, -0.15) is 0 Å². The summed E-state index contributed by atoms with van der Waals surface area (Å²) in [7, 11) is 0. The van der Waals surface area contributed by atoms with Gasteiger partial charge >= 0.3 is 5.97 Å². The maximum atomic E-state index is 10.7. The van der Waals surface area contributed by atoms with Crippen molar-refractivity contribution in [2.24, 2.45) is 0 Å². The fraction of sp³-hybridized carbons (Fsp3) is 0.500. The number of aromatic nitrogens is 1. The van der Waals surface area contributed by atoms with Crippen LogP contribution >= 0.6 is 0 Å². The van der Waals surface area contributed by atoms with Gasteiger partial charge in [0.1, 0.15) is 5.82 Å². The van der Waals surface area contributed by atoms with Crippen molar-refractivity contribution in [2.45, 2.75) is 31.3 Å². The van der Waals surface area contributed by atoms with Gasteiger partial charge in [-0.25, -0.2) is 9.78 Å². The Morgan fingerprint density at radius 1 is 1.41 bits per heavy atom. The molecule has 1 aliphatic rings. The molecule has 0 amide bonds. The Morgan fingerprint density at radius 3 is 2.76 bits per heavy atom. The molecule has 1 saturated carbocycles. The van der Waals surface area contributed by atoms with Crippen LogP contribution in [0, 0.1) is 0 Å². The molecule has 3 N–H and O–H groups in total. The summed E-state index contributed by atoms with van der Waals surface area (Å²) in [6, 6.07) is 4.78. The molecule has 0 aromatic carbocycles. The molecule has 0 spiro atoms. The van der Waals surface area contributed by atoms with E-state index in [4.69, 9.17) is 5.11 Å². The number of aliphatic hydroxyl groups is 1. The number of pyridine rings is 1. The van der Waals surface area contributed by atoms with E-state index >= 15 is 0 Å². The van der Waals surface area contributed by atoms with Crippen LogP contribution in [0.3, 0.4) is 0 Å². The van der Waals surface area contributed by atoms with Gasteiger partial charge in [0.2, 0.25) is 0 Å². The predicted molar refractivity (Wildman–Crippen MR) is 63.1 cm³/mol. The van der Waals surface area contributed by atoms with Gasteiger partial charge < -0.3 is 15.5 Å². The minimum absolute atomic E-state index is 0.00779. The SMILES string of the molecule is O=C(O)c1cccc(NCC2(O)CCCC2)n1. The standard InChI is InChI=1S/C12H16N2O3/c15-11(16)9-4-3-5-10(14-9)13-8-12(17)6-1-2-7-12/h3-5,17H,1-2,6-8H2,(H,13,14)(H,15,16). The number of hydrogen-bond donors (Lipinski definition) is 3. The van der Waals surface area contributed by atoms with Crippen molar-refractivity contribution in [1.29, 1.82) is 0 Å². The second-order valence-corrected chi connectivity index (χ2v) is 4.50. The third kappa shape index (κ3) is 2.94. The smallest absolute Gasteiger partial charge is 0.354 e. The molecule has 0 atom stereocenters. The Labute approximate surface area is 99.5 Å². The van der Waals surface area contributed by atoms with Crippen molar-refractivity contribution in [3.05, 3.63) is 23.9 Å². The monoisotopic (exact) mass is 236 g/mol. The largest absolute Gasteiger partial charge is 0.477 e.